The second kappa shape index (κ2) is 11.1. The zero-order valence-electron chi connectivity index (χ0n) is 18.4. The number of benzene rings is 1. The Bertz CT molecular complexity index is 779. The maximum absolute atomic E-state index is 12.2. The molecular weight excluding hydrogens is 362 g/mol. The molecule has 0 aliphatic heterocycles. The highest BCUT2D eigenvalue weighted by Crippen LogP contribution is 2.21. The minimum absolute atomic E-state index is 0.200. The second-order valence-corrected chi connectivity index (χ2v) is 8.16. The van der Waals surface area contributed by atoms with E-state index in [2.05, 4.69) is 62.3 Å². The van der Waals surface area contributed by atoms with E-state index in [0.29, 0.717) is 6.42 Å². The van der Waals surface area contributed by atoms with Crippen LogP contribution in [0.1, 0.15) is 65.7 Å². The Hall–Kier alpha value is -2.24. The number of carbonyl (C=O) groups excluding carboxylic acids is 1. The first-order chi connectivity index (χ1) is 13.8. The molecule has 0 spiro atoms. The molecule has 3 N–H and O–H groups in total. The Balaban J connectivity index is 1.83. The van der Waals surface area contributed by atoms with Crippen molar-refractivity contribution in [2.24, 2.45) is 5.92 Å². The summed E-state index contributed by atoms with van der Waals surface area (Å²) in [6, 6.07) is 8.63. The van der Waals surface area contributed by atoms with E-state index in [-0.39, 0.29) is 17.9 Å². The van der Waals surface area contributed by atoms with E-state index in [1.807, 2.05) is 18.6 Å². The molecule has 5 heteroatoms. The van der Waals surface area contributed by atoms with Gasteiger partial charge in [-0.3, -0.25) is 15.0 Å². The Labute approximate surface area is 174 Å². The van der Waals surface area contributed by atoms with Crippen molar-refractivity contribution in [3.63, 3.8) is 0 Å². The van der Waals surface area contributed by atoms with Crippen LogP contribution in [0, 0.1) is 33.6 Å². The van der Waals surface area contributed by atoms with Crippen LogP contribution in [0.5, 0.6) is 0 Å². The van der Waals surface area contributed by atoms with Gasteiger partial charge in [0.05, 0.1) is 5.69 Å². The number of aryl methyl sites for hydroxylation is 3. The van der Waals surface area contributed by atoms with Crippen molar-refractivity contribution in [3.05, 3.63) is 64.0 Å². The van der Waals surface area contributed by atoms with E-state index < -0.39 is 0 Å². The highest BCUT2D eigenvalue weighted by molar-refractivity contribution is 5.77. The summed E-state index contributed by atoms with van der Waals surface area (Å²) < 4.78 is 0. The van der Waals surface area contributed by atoms with Crippen LogP contribution >= 0.6 is 0 Å². The van der Waals surface area contributed by atoms with Crippen molar-refractivity contribution in [1.29, 1.82) is 0 Å². The molecule has 0 aliphatic rings. The van der Waals surface area contributed by atoms with Crippen LogP contribution in [0.2, 0.25) is 0 Å². The number of amides is 1. The van der Waals surface area contributed by atoms with Gasteiger partial charge in [-0.15, -0.1) is 0 Å². The predicted molar refractivity (Wildman–Crippen MR) is 117 cm³/mol. The van der Waals surface area contributed by atoms with Crippen molar-refractivity contribution in [2.45, 2.75) is 66.3 Å². The van der Waals surface area contributed by atoms with E-state index in [1.165, 1.54) is 16.7 Å². The summed E-state index contributed by atoms with van der Waals surface area (Å²) in [5.41, 5.74) is 8.97. The van der Waals surface area contributed by atoms with Crippen LogP contribution in [0.25, 0.3) is 0 Å². The molecule has 1 aromatic heterocycles. The highest BCUT2D eigenvalue weighted by atomic mass is 16.5. The van der Waals surface area contributed by atoms with Gasteiger partial charge in [0, 0.05) is 18.2 Å². The van der Waals surface area contributed by atoms with E-state index in [1.54, 1.807) is 0 Å². The number of nitrogens with one attached hydrogen (secondary N) is 2. The summed E-state index contributed by atoms with van der Waals surface area (Å²) in [4.78, 5) is 16.6. The maximum atomic E-state index is 12.2. The van der Waals surface area contributed by atoms with Gasteiger partial charge in [-0.05, 0) is 94.3 Å². The number of aromatic nitrogens is 1. The molecule has 0 aliphatic carbocycles. The van der Waals surface area contributed by atoms with Gasteiger partial charge in [0.2, 0.25) is 5.91 Å². The normalized spacial score (nSPS) is 13.2. The van der Waals surface area contributed by atoms with Crippen molar-refractivity contribution in [1.82, 2.24) is 15.8 Å². The van der Waals surface area contributed by atoms with Gasteiger partial charge in [0.1, 0.15) is 0 Å². The van der Waals surface area contributed by atoms with Gasteiger partial charge >= 0.3 is 0 Å². The third kappa shape index (κ3) is 6.94. The summed E-state index contributed by atoms with van der Waals surface area (Å²) in [6.45, 7) is 11.3. The number of carbonyl (C=O) groups is 1. The molecule has 5 nitrogen and oxygen atoms in total. The summed E-state index contributed by atoms with van der Waals surface area (Å²) in [5.74, 6) is -0.524. The lowest BCUT2D eigenvalue weighted by atomic mass is 9.90. The summed E-state index contributed by atoms with van der Waals surface area (Å²) in [7, 11) is 0. The van der Waals surface area contributed by atoms with E-state index in [0.717, 1.165) is 42.6 Å². The molecule has 0 bridgehead atoms. The fourth-order valence-corrected chi connectivity index (χ4v) is 3.62. The fraction of sp³-hybridized carbons (Fsp3) is 0.500. The van der Waals surface area contributed by atoms with Crippen LogP contribution in [0.3, 0.4) is 0 Å². The van der Waals surface area contributed by atoms with Crippen LogP contribution in [0.15, 0.2) is 30.5 Å². The highest BCUT2D eigenvalue weighted by Gasteiger charge is 2.19. The van der Waals surface area contributed by atoms with E-state index >= 15 is 0 Å². The molecule has 0 unspecified atom stereocenters. The largest absolute Gasteiger partial charge is 0.309 e. The fourth-order valence-electron chi connectivity index (χ4n) is 3.62. The van der Waals surface area contributed by atoms with Gasteiger partial charge < -0.3 is 5.32 Å². The molecule has 1 aromatic carbocycles. The molecule has 0 saturated heterocycles. The Morgan fingerprint density at radius 2 is 1.79 bits per heavy atom. The zero-order valence-corrected chi connectivity index (χ0v) is 18.4. The number of hydroxylamine groups is 1. The number of nitrogens with zero attached hydrogens (tertiary/aromatic N) is 1. The quantitative estimate of drug-likeness (QED) is 0.313. The maximum Gasteiger partial charge on any atom is 0.246 e. The lowest BCUT2D eigenvalue weighted by Crippen LogP contribution is -2.29. The van der Waals surface area contributed by atoms with Crippen LogP contribution < -0.4 is 10.8 Å². The summed E-state index contributed by atoms with van der Waals surface area (Å²) in [6.07, 6.45) is 5.17. The van der Waals surface area contributed by atoms with Crippen molar-refractivity contribution in [2.75, 3.05) is 6.54 Å². The standard InChI is InChI=1S/C24H35N3O2/c1-16-9-10-23(26-15-16)20(5)25-11-7-6-8-22(24(28)27-29)14-21-12-17(2)19(4)18(3)13-21/h9-10,12-13,15,20,22,25,29H,6-8,11,14H2,1-5H3,(H,27,28)/t20-,22+/m1/s1. The van der Waals surface area contributed by atoms with Gasteiger partial charge in [0.25, 0.3) is 0 Å². The first kappa shape index (κ1) is 23.0. The van der Waals surface area contributed by atoms with E-state index in [4.69, 9.17) is 5.21 Å². The molecular formula is C24H35N3O2. The van der Waals surface area contributed by atoms with Gasteiger partial charge in [-0.25, -0.2) is 5.48 Å². The second-order valence-electron chi connectivity index (χ2n) is 8.16. The predicted octanol–water partition coefficient (Wildman–Crippen LogP) is 4.50. The number of rotatable bonds is 10. The first-order valence-electron chi connectivity index (χ1n) is 10.5. The lowest BCUT2D eigenvalue weighted by Gasteiger charge is -2.17. The number of hydrogen-bond acceptors (Lipinski definition) is 4. The molecule has 158 valence electrons. The molecule has 29 heavy (non-hydrogen) atoms. The third-order valence-corrected chi connectivity index (χ3v) is 5.76. The zero-order chi connectivity index (χ0) is 21.4. The number of pyridine rings is 1. The topological polar surface area (TPSA) is 74.2 Å². The molecule has 0 fully saturated rings. The first-order valence-corrected chi connectivity index (χ1v) is 10.5. The van der Waals surface area contributed by atoms with Gasteiger partial charge in [-0.1, -0.05) is 24.6 Å². The van der Waals surface area contributed by atoms with Crippen molar-refractivity contribution < 1.29 is 10.0 Å². The molecule has 0 radical (unpaired) electrons. The minimum atomic E-state index is -0.300. The number of hydrogen-bond donors (Lipinski definition) is 3. The van der Waals surface area contributed by atoms with Crippen LogP contribution in [-0.2, 0) is 11.2 Å². The van der Waals surface area contributed by atoms with Gasteiger partial charge in [-0.2, -0.15) is 0 Å². The average molecular weight is 398 g/mol. The average Bonchev–Trinajstić information content (AvgIpc) is 2.70. The SMILES string of the molecule is Cc1ccc([C@@H](C)NCCCC[C@@H](Cc2cc(C)c(C)c(C)c2)C(=O)NO)nc1. The van der Waals surface area contributed by atoms with E-state index in [9.17, 15) is 4.79 Å². The van der Waals surface area contributed by atoms with Crippen molar-refractivity contribution >= 4 is 5.91 Å². The lowest BCUT2D eigenvalue weighted by molar-refractivity contribution is -0.133. The Kier molecular flexibility index (Phi) is 8.80. The minimum Gasteiger partial charge on any atom is -0.309 e. The molecule has 2 aromatic rings. The summed E-state index contributed by atoms with van der Waals surface area (Å²) in [5, 5.41) is 12.6. The third-order valence-electron chi connectivity index (χ3n) is 5.76. The monoisotopic (exact) mass is 397 g/mol. The molecule has 1 heterocycles. The smallest absolute Gasteiger partial charge is 0.246 e. The van der Waals surface area contributed by atoms with Crippen LogP contribution in [-0.4, -0.2) is 22.6 Å². The Morgan fingerprint density at radius 3 is 2.38 bits per heavy atom. The molecule has 2 atom stereocenters. The summed E-state index contributed by atoms with van der Waals surface area (Å²) >= 11 is 0. The van der Waals surface area contributed by atoms with Crippen LogP contribution in [0.4, 0.5) is 0 Å². The molecule has 1 amide bonds. The molecule has 0 saturated carbocycles. The Morgan fingerprint density at radius 1 is 1.10 bits per heavy atom. The molecule has 2 rings (SSSR count). The number of unbranched alkanes of at least 4 members (excludes halogenated alkanes) is 1. The van der Waals surface area contributed by atoms with Gasteiger partial charge in [0.15, 0.2) is 0 Å². The van der Waals surface area contributed by atoms with Crippen molar-refractivity contribution in [3.8, 4) is 0 Å².